The van der Waals surface area contributed by atoms with Crippen molar-refractivity contribution in [2.75, 3.05) is 54.8 Å². The maximum Gasteiger partial charge on any atom is 0.329 e. The highest BCUT2D eigenvalue weighted by atomic mass is 32.2. The maximum absolute atomic E-state index is 13.8. The summed E-state index contributed by atoms with van der Waals surface area (Å²) in [6.07, 6.45) is 7.51. The van der Waals surface area contributed by atoms with E-state index in [9.17, 15) is 19.1 Å². The lowest BCUT2D eigenvalue weighted by Gasteiger charge is -2.34. The number of amides is 3. The van der Waals surface area contributed by atoms with E-state index in [0.717, 1.165) is 73.1 Å². The smallest absolute Gasteiger partial charge is 0.329 e. The van der Waals surface area contributed by atoms with Gasteiger partial charge in [-0.2, -0.15) is 15.3 Å². The third-order valence-electron chi connectivity index (χ3n) is 11.2. The number of piperidine rings is 2. The van der Waals surface area contributed by atoms with Crippen LogP contribution >= 0.6 is 0 Å². The molecule has 0 bridgehead atoms. The Kier molecular flexibility index (Phi) is 12.3. The average molecular weight is 793 g/mol. The number of carbonyl (C=O) groups excluding carboxylic acids is 2. The van der Waals surface area contributed by atoms with Gasteiger partial charge >= 0.3 is 6.03 Å². The number of hydrogen-bond donors (Lipinski definition) is 4. The Morgan fingerprint density at radius 2 is 1.82 bits per heavy atom. The van der Waals surface area contributed by atoms with Crippen LogP contribution in [-0.2, 0) is 29.2 Å². The lowest BCUT2D eigenvalue weighted by molar-refractivity contribution is -0.120. The van der Waals surface area contributed by atoms with Crippen molar-refractivity contribution >= 4 is 57.6 Å². The predicted molar refractivity (Wildman–Crippen MR) is 222 cm³/mol. The molecule has 15 nitrogen and oxygen atoms in total. The van der Waals surface area contributed by atoms with Crippen molar-refractivity contribution in [3.63, 3.8) is 0 Å². The maximum atomic E-state index is 13.8. The van der Waals surface area contributed by atoms with Gasteiger partial charge in [0.2, 0.25) is 11.9 Å². The number of fused-ring (bicyclic) bond motifs is 1. The van der Waals surface area contributed by atoms with Crippen molar-refractivity contribution in [1.82, 2.24) is 34.3 Å². The van der Waals surface area contributed by atoms with E-state index in [-0.39, 0.29) is 24.4 Å². The molecule has 7 rings (SSSR count). The fourth-order valence-corrected chi connectivity index (χ4v) is 9.48. The normalized spacial score (nSPS) is 18.7. The van der Waals surface area contributed by atoms with Crippen LogP contribution in [-0.4, -0.2) is 103 Å². The van der Waals surface area contributed by atoms with Crippen LogP contribution in [0.5, 0.6) is 0 Å². The highest BCUT2D eigenvalue weighted by Gasteiger charge is 2.30. The van der Waals surface area contributed by atoms with Gasteiger partial charge in [0.25, 0.3) is 0 Å². The zero-order chi connectivity index (χ0) is 40.2. The van der Waals surface area contributed by atoms with Gasteiger partial charge in [0.1, 0.15) is 16.8 Å². The molecule has 3 aliphatic heterocycles. The van der Waals surface area contributed by atoms with E-state index >= 15 is 0 Å². The molecule has 2 aromatic carbocycles. The molecule has 3 aliphatic rings. The van der Waals surface area contributed by atoms with Crippen LogP contribution < -0.4 is 20.9 Å². The number of aromatic nitrogens is 4. The molecule has 3 saturated heterocycles. The van der Waals surface area contributed by atoms with E-state index in [1.165, 1.54) is 11.8 Å². The van der Waals surface area contributed by atoms with E-state index in [2.05, 4.69) is 67.1 Å². The molecule has 2 aromatic heterocycles. The van der Waals surface area contributed by atoms with Crippen LogP contribution in [0.3, 0.4) is 0 Å². The molecule has 0 saturated carbocycles. The first kappa shape index (κ1) is 40.0. The number of aryl methyl sites for hydroxylation is 1. The van der Waals surface area contributed by atoms with Crippen molar-refractivity contribution in [1.29, 1.82) is 10.7 Å². The molecule has 16 heteroatoms. The molecule has 2 atom stereocenters. The summed E-state index contributed by atoms with van der Waals surface area (Å²) in [5.41, 5.74) is 4.44. The average Bonchev–Trinajstić information content (AvgIpc) is 3.52. The second-order valence-electron chi connectivity index (χ2n) is 15.8. The molecule has 300 valence electrons. The highest BCUT2D eigenvalue weighted by Crippen LogP contribution is 2.34. The summed E-state index contributed by atoms with van der Waals surface area (Å²) in [5, 5.41) is 32.3. The van der Waals surface area contributed by atoms with Crippen molar-refractivity contribution in [2.45, 2.75) is 82.2 Å². The van der Waals surface area contributed by atoms with Crippen LogP contribution in [0.15, 0.2) is 47.5 Å². The SMILES string of the molecule is CC(Cc1cc(S(=O)N2CCC(Nc3ncc(C=N)c(NC(C)C)n3)CC2)ccc1C#N)CN1CCC(c2ccc3c(N4CCC(=O)NC4=O)nn(C)c3c2)CC1. The molecule has 57 heavy (non-hydrogen) atoms. The quantitative estimate of drug-likeness (QED) is 0.132. The number of likely N-dealkylation sites (tertiary alicyclic amines) is 1. The van der Waals surface area contributed by atoms with E-state index in [1.54, 1.807) is 11.1 Å². The van der Waals surface area contributed by atoms with Gasteiger partial charge in [0.15, 0.2) is 5.82 Å². The Balaban J connectivity index is 0.912. The number of urea groups is 1. The second kappa shape index (κ2) is 17.5. The Bertz CT molecular complexity index is 2200. The summed E-state index contributed by atoms with van der Waals surface area (Å²) in [4.78, 5) is 38.0. The number of nitrogens with one attached hydrogen (secondary N) is 4. The molecule has 2 unspecified atom stereocenters. The fourth-order valence-electron chi connectivity index (χ4n) is 8.21. The minimum Gasteiger partial charge on any atom is -0.367 e. The minimum absolute atomic E-state index is 0.140. The second-order valence-corrected chi connectivity index (χ2v) is 17.3. The van der Waals surface area contributed by atoms with Crippen LogP contribution in [0.2, 0.25) is 0 Å². The molecule has 0 aliphatic carbocycles. The highest BCUT2D eigenvalue weighted by molar-refractivity contribution is 7.82. The van der Waals surface area contributed by atoms with Crippen molar-refractivity contribution in [3.8, 4) is 6.07 Å². The van der Waals surface area contributed by atoms with Crippen LogP contribution in [0.4, 0.5) is 22.4 Å². The Labute approximate surface area is 336 Å². The van der Waals surface area contributed by atoms with Gasteiger partial charge in [-0.15, -0.1) is 0 Å². The van der Waals surface area contributed by atoms with Crippen LogP contribution in [0, 0.1) is 22.7 Å². The summed E-state index contributed by atoms with van der Waals surface area (Å²) < 4.78 is 17.6. The molecule has 5 heterocycles. The Hall–Kier alpha value is -5.24. The van der Waals surface area contributed by atoms with Crippen molar-refractivity contribution < 1.29 is 13.8 Å². The molecular formula is C41H52N12O3S. The first-order valence-electron chi connectivity index (χ1n) is 19.9. The summed E-state index contributed by atoms with van der Waals surface area (Å²) in [6, 6.07) is 14.3. The fraction of sp³-hybridized carbons (Fsp3) is 0.488. The predicted octanol–water partition coefficient (Wildman–Crippen LogP) is 5.16. The largest absolute Gasteiger partial charge is 0.367 e. The van der Waals surface area contributed by atoms with Crippen molar-refractivity contribution in [3.05, 3.63) is 64.8 Å². The van der Waals surface area contributed by atoms with E-state index in [0.29, 0.717) is 60.2 Å². The van der Waals surface area contributed by atoms with Crippen LogP contribution in [0.1, 0.15) is 81.0 Å². The van der Waals surface area contributed by atoms with E-state index in [1.807, 2.05) is 48.1 Å². The number of imide groups is 1. The number of nitrogens with zero attached hydrogens (tertiary/aromatic N) is 8. The molecule has 3 fully saturated rings. The van der Waals surface area contributed by atoms with Crippen molar-refractivity contribution in [2.24, 2.45) is 13.0 Å². The van der Waals surface area contributed by atoms with Gasteiger partial charge in [-0.3, -0.25) is 19.7 Å². The molecular weight excluding hydrogens is 741 g/mol. The van der Waals surface area contributed by atoms with Gasteiger partial charge in [0, 0.05) is 69.5 Å². The zero-order valence-electron chi connectivity index (χ0n) is 33.1. The first-order valence-corrected chi connectivity index (χ1v) is 21.0. The Morgan fingerprint density at radius 3 is 2.53 bits per heavy atom. The summed E-state index contributed by atoms with van der Waals surface area (Å²) in [6.45, 7) is 10.8. The van der Waals surface area contributed by atoms with Gasteiger partial charge in [-0.05, 0) is 112 Å². The number of carbonyl (C=O) groups is 2. The molecule has 3 amide bonds. The molecule has 4 aromatic rings. The number of benzene rings is 2. The summed E-state index contributed by atoms with van der Waals surface area (Å²) in [7, 11) is 0.546. The molecule has 0 spiro atoms. The van der Waals surface area contributed by atoms with E-state index in [4.69, 9.17) is 5.41 Å². The van der Waals surface area contributed by atoms with Crippen LogP contribution in [0.25, 0.3) is 10.9 Å². The zero-order valence-corrected chi connectivity index (χ0v) is 33.9. The Morgan fingerprint density at radius 1 is 1.05 bits per heavy atom. The van der Waals surface area contributed by atoms with Gasteiger partial charge in [-0.25, -0.2) is 18.3 Å². The molecule has 0 radical (unpaired) electrons. The lowest BCUT2D eigenvalue weighted by atomic mass is 9.88. The topological polar surface area (TPSA) is 188 Å². The third-order valence-corrected chi connectivity index (χ3v) is 12.7. The van der Waals surface area contributed by atoms with E-state index < -0.39 is 17.0 Å². The first-order chi connectivity index (χ1) is 27.5. The lowest BCUT2D eigenvalue weighted by Crippen LogP contribution is -2.49. The minimum atomic E-state index is -1.34. The third kappa shape index (κ3) is 9.16. The van der Waals surface area contributed by atoms with Gasteiger partial charge in [0.05, 0.1) is 27.6 Å². The van der Waals surface area contributed by atoms with Gasteiger partial charge in [-0.1, -0.05) is 13.0 Å². The number of anilines is 3. The monoisotopic (exact) mass is 792 g/mol. The number of rotatable bonds is 13. The molecule has 4 N–H and O–H groups in total. The number of hydrogen-bond acceptors (Lipinski definition) is 11. The summed E-state index contributed by atoms with van der Waals surface area (Å²) >= 11 is 0. The van der Waals surface area contributed by atoms with Gasteiger partial charge < -0.3 is 20.9 Å². The number of nitriles is 1. The summed E-state index contributed by atoms with van der Waals surface area (Å²) in [5.74, 6) is 2.18. The standard InChI is InChI=1S/C41H52N12O3S/c1-26(2)45-38-32(23-43)24-44-40(48-38)46-33-11-16-52(17-12-33)57(56)34-7-5-30(22-42)31(20-34)19-27(3)25-51-14-9-28(10-15-51)29-6-8-35-36(21-29)50(4)49-39(35)53-18-13-37(54)47-41(53)55/h5-8,20-21,23-24,26-28,33,43H,9-19,25H2,1-4H3,(H,47,54,55)(H2,44,45,46,48).